The van der Waals surface area contributed by atoms with E-state index in [1.54, 1.807) is 12.1 Å². The molecule has 0 bridgehead atoms. The van der Waals surface area contributed by atoms with Gasteiger partial charge in [0, 0.05) is 10.0 Å². The van der Waals surface area contributed by atoms with Crippen LogP contribution in [0.4, 0.5) is 8.78 Å². The van der Waals surface area contributed by atoms with Crippen LogP contribution in [0.15, 0.2) is 27.8 Å². The van der Waals surface area contributed by atoms with E-state index in [1.807, 2.05) is 0 Å². The molecule has 0 fully saturated rings. The zero-order valence-corrected chi connectivity index (χ0v) is 8.54. The lowest BCUT2D eigenvalue weighted by molar-refractivity contribution is -0.0499. The van der Waals surface area contributed by atoms with Gasteiger partial charge < -0.3 is 10.6 Å². The molecular formula is C8H7BrF2N2O. The lowest BCUT2D eigenvalue weighted by atomic mass is 10.2. The molecule has 0 heterocycles. The molecule has 0 aromatic heterocycles. The van der Waals surface area contributed by atoms with Crippen molar-refractivity contribution in [3.63, 3.8) is 0 Å². The van der Waals surface area contributed by atoms with Gasteiger partial charge in [-0.05, 0) is 18.2 Å². The number of benzene rings is 1. The summed E-state index contributed by atoms with van der Waals surface area (Å²) in [5.41, 5.74) is 0.391. The van der Waals surface area contributed by atoms with Gasteiger partial charge >= 0.3 is 6.61 Å². The molecule has 3 nitrogen and oxygen atoms in total. The van der Waals surface area contributed by atoms with Crippen molar-refractivity contribution in [1.29, 1.82) is 0 Å². The molecule has 1 aromatic carbocycles. The summed E-state index contributed by atoms with van der Waals surface area (Å²) >= 11 is 3.19. The molecule has 0 saturated heterocycles. The highest BCUT2D eigenvalue weighted by atomic mass is 79.9. The summed E-state index contributed by atoms with van der Waals surface area (Å²) in [6, 6.07) is 4.58. The smallest absolute Gasteiger partial charge is 0.387 e. The van der Waals surface area contributed by atoms with Crippen LogP contribution in [-0.2, 0) is 0 Å². The Bertz CT molecular complexity index is 344. The van der Waals surface area contributed by atoms with Crippen LogP contribution in [0, 0.1) is 0 Å². The molecule has 1 rings (SSSR count). The number of halogens is 3. The fourth-order valence-corrected chi connectivity index (χ4v) is 1.28. The molecule has 1 aromatic rings. The fraction of sp³-hybridized carbons (Fsp3) is 0.125. The van der Waals surface area contributed by atoms with Crippen LogP contribution in [0.1, 0.15) is 5.56 Å². The summed E-state index contributed by atoms with van der Waals surface area (Å²) in [6.45, 7) is -2.86. The quantitative estimate of drug-likeness (QED) is 0.518. The molecule has 2 N–H and O–H groups in total. The molecule has 0 aliphatic heterocycles. The predicted octanol–water partition coefficient (Wildman–Crippen LogP) is 2.34. The summed E-state index contributed by atoms with van der Waals surface area (Å²) in [6.07, 6.45) is 1.24. The van der Waals surface area contributed by atoms with E-state index >= 15 is 0 Å². The Kier molecular flexibility index (Phi) is 3.82. The standard InChI is InChI=1S/C8H7BrF2N2O/c9-6-1-2-7(14-8(10)11)5(3-6)4-13-12/h1-4,8H,12H2. The van der Waals surface area contributed by atoms with Crippen LogP contribution in [0.25, 0.3) is 0 Å². The minimum Gasteiger partial charge on any atom is -0.434 e. The average Bonchev–Trinajstić information content (AvgIpc) is 2.09. The molecule has 6 heteroatoms. The van der Waals surface area contributed by atoms with E-state index in [4.69, 9.17) is 5.84 Å². The van der Waals surface area contributed by atoms with Gasteiger partial charge in [0.15, 0.2) is 0 Å². The van der Waals surface area contributed by atoms with Crippen molar-refractivity contribution >= 4 is 22.1 Å². The number of nitrogens with zero attached hydrogens (tertiary/aromatic N) is 1. The first-order valence-corrected chi connectivity index (χ1v) is 4.40. The number of rotatable bonds is 3. The number of hydrogen-bond acceptors (Lipinski definition) is 3. The molecule has 0 saturated carbocycles. The van der Waals surface area contributed by atoms with Crippen molar-refractivity contribution in [2.45, 2.75) is 6.61 Å². The second-order valence-electron chi connectivity index (χ2n) is 2.34. The van der Waals surface area contributed by atoms with Gasteiger partial charge in [0.1, 0.15) is 5.75 Å². The largest absolute Gasteiger partial charge is 0.434 e. The lowest BCUT2D eigenvalue weighted by Crippen LogP contribution is -2.04. The van der Waals surface area contributed by atoms with Gasteiger partial charge in [-0.1, -0.05) is 15.9 Å². The molecule has 0 unspecified atom stereocenters. The summed E-state index contributed by atoms with van der Waals surface area (Å²) in [4.78, 5) is 0. The third-order valence-electron chi connectivity index (χ3n) is 1.40. The van der Waals surface area contributed by atoms with E-state index in [0.29, 0.717) is 5.56 Å². The van der Waals surface area contributed by atoms with Gasteiger partial charge in [0.2, 0.25) is 0 Å². The van der Waals surface area contributed by atoms with Crippen molar-refractivity contribution in [2.75, 3.05) is 0 Å². The highest BCUT2D eigenvalue weighted by Crippen LogP contribution is 2.23. The Hall–Kier alpha value is -1.17. The minimum atomic E-state index is -2.86. The number of nitrogens with two attached hydrogens (primary N) is 1. The first-order chi connectivity index (χ1) is 6.63. The molecular weight excluding hydrogens is 258 g/mol. The van der Waals surface area contributed by atoms with Gasteiger partial charge in [-0.25, -0.2) is 0 Å². The third-order valence-corrected chi connectivity index (χ3v) is 1.89. The second-order valence-corrected chi connectivity index (χ2v) is 3.25. The minimum absolute atomic E-state index is 0.0393. The molecule has 0 aliphatic carbocycles. The van der Waals surface area contributed by atoms with E-state index < -0.39 is 6.61 Å². The Morgan fingerprint density at radius 3 is 2.79 bits per heavy atom. The zero-order valence-electron chi connectivity index (χ0n) is 6.95. The highest BCUT2D eigenvalue weighted by molar-refractivity contribution is 9.10. The van der Waals surface area contributed by atoms with Crippen molar-refractivity contribution in [3.8, 4) is 5.75 Å². The molecule has 0 radical (unpaired) electrons. The Labute approximate surface area is 87.7 Å². The predicted molar refractivity (Wildman–Crippen MR) is 52.6 cm³/mol. The average molecular weight is 265 g/mol. The van der Waals surface area contributed by atoms with Crippen molar-refractivity contribution in [3.05, 3.63) is 28.2 Å². The molecule has 0 spiro atoms. The first-order valence-electron chi connectivity index (χ1n) is 3.61. The Balaban J connectivity index is 3.01. The first kappa shape index (κ1) is 10.9. The van der Waals surface area contributed by atoms with E-state index in [-0.39, 0.29) is 5.75 Å². The van der Waals surface area contributed by atoms with Gasteiger partial charge in [0.25, 0.3) is 0 Å². The monoisotopic (exact) mass is 264 g/mol. The number of hydrazone groups is 1. The van der Waals surface area contributed by atoms with E-state index in [9.17, 15) is 8.78 Å². The topological polar surface area (TPSA) is 47.6 Å². The van der Waals surface area contributed by atoms with E-state index in [2.05, 4.69) is 25.8 Å². The number of hydrogen-bond donors (Lipinski definition) is 1. The fourth-order valence-electron chi connectivity index (χ4n) is 0.904. The zero-order chi connectivity index (χ0) is 10.6. The molecule has 76 valence electrons. The lowest BCUT2D eigenvalue weighted by Gasteiger charge is -2.07. The van der Waals surface area contributed by atoms with Gasteiger partial charge in [-0.3, -0.25) is 0 Å². The molecule has 0 amide bonds. The van der Waals surface area contributed by atoms with Crippen LogP contribution >= 0.6 is 15.9 Å². The van der Waals surface area contributed by atoms with Crippen LogP contribution in [0.2, 0.25) is 0 Å². The maximum absolute atomic E-state index is 11.9. The van der Waals surface area contributed by atoms with Crippen molar-refractivity contribution in [1.82, 2.24) is 0 Å². The molecule has 0 atom stereocenters. The second kappa shape index (κ2) is 4.90. The van der Waals surface area contributed by atoms with Crippen molar-refractivity contribution in [2.24, 2.45) is 10.9 Å². The van der Waals surface area contributed by atoms with E-state index in [1.165, 1.54) is 12.3 Å². The maximum atomic E-state index is 11.9. The molecule has 14 heavy (non-hydrogen) atoms. The third kappa shape index (κ3) is 2.95. The number of alkyl halides is 2. The highest BCUT2D eigenvalue weighted by Gasteiger charge is 2.08. The van der Waals surface area contributed by atoms with Crippen LogP contribution in [0.5, 0.6) is 5.75 Å². The van der Waals surface area contributed by atoms with Crippen LogP contribution in [0.3, 0.4) is 0 Å². The summed E-state index contributed by atoms with van der Waals surface area (Å²) in [7, 11) is 0. The van der Waals surface area contributed by atoms with Gasteiger partial charge in [0.05, 0.1) is 6.21 Å². The summed E-state index contributed by atoms with van der Waals surface area (Å²) in [5, 5.41) is 3.24. The van der Waals surface area contributed by atoms with Crippen LogP contribution in [-0.4, -0.2) is 12.8 Å². The maximum Gasteiger partial charge on any atom is 0.387 e. The van der Waals surface area contributed by atoms with Gasteiger partial charge in [-0.15, -0.1) is 0 Å². The van der Waals surface area contributed by atoms with Crippen molar-refractivity contribution < 1.29 is 13.5 Å². The van der Waals surface area contributed by atoms with Gasteiger partial charge in [-0.2, -0.15) is 13.9 Å². The van der Waals surface area contributed by atoms with Crippen LogP contribution < -0.4 is 10.6 Å². The Morgan fingerprint density at radius 2 is 2.21 bits per heavy atom. The number of ether oxygens (including phenoxy) is 1. The summed E-state index contributed by atoms with van der Waals surface area (Å²) < 4.78 is 28.8. The SMILES string of the molecule is NN=Cc1cc(Br)ccc1OC(F)F. The normalized spacial score (nSPS) is 11.1. The van der Waals surface area contributed by atoms with E-state index in [0.717, 1.165) is 4.47 Å². The summed E-state index contributed by atoms with van der Waals surface area (Å²) in [5.74, 6) is 4.96. The Morgan fingerprint density at radius 1 is 1.50 bits per heavy atom. The molecule has 0 aliphatic rings.